The summed E-state index contributed by atoms with van der Waals surface area (Å²) in [6.07, 6.45) is 4.83. The van der Waals surface area contributed by atoms with Crippen molar-refractivity contribution in [1.82, 2.24) is 10.6 Å². The zero-order valence-electron chi connectivity index (χ0n) is 15.7. The van der Waals surface area contributed by atoms with E-state index in [4.69, 9.17) is 0 Å². The van der Waals surface area contributed by atoms with Gasteiger partial charge >= 0.3 is 11.8 Å². The van der Waals surface area contributed by atoms with Crippen molar-refractivity contribution < 1.29 is 14.4 Å². The SMILES string of the molecule is O=C(NCCc1ccccc1)C(=O)Nc1ccccc1C(=O)NC1CCCC1. The summed E-state index contributed by atoms with van der Waals surface area (Å²) in [7, 11) is 0. The summed E-state index contributed by atoms with van der Waals surface area (Å²) in [6.45, 7) is 0.361. The molecule has 146 valence electrons. The Morgan fingerprint density at radius 1 is 0.857 bits per heavy atom. The maximum atomic E-state index is 12.5. The Morgan fingerprint density at radius 2 is 1.54 bits per heavy atom. The van der Waals surface area contributed by atoms with Crippen molar-refractivity contribution in [2.24, 2.45) is 0 Å². The molecule has 1 saturated carbocycles. The number of carbonyl (C=O) groups excluding carboxylic acids is 3. The Morgan fingerprint density at radius 3 is 2.29 bits per heavy atom. The maximum absolute atomic E-state index is 12.5. The summed E-state index contributed by atoms with van der Waals surface area (Å²) in [5, 5.41) is 8.16. The Balaban J connectivity index is 1.54. The van der Waals surface area contributed by atoms with Gasteiger partial charge in [-0.05, 0) is 37.0 Å². The van der Waals surface area contributed by atoms with Crippen LogP contribution in [0.15, 0.2) is 54.6 Å². The Hall–Kier alpha value is -3.15. The molecule has 0 radical (unpaired) electrons. The van der Waals surface area contributed by atoms with Crippen LogP contribution >= 0.6 is 0 Å². The van der Waals surface area contributed by atoms with E-state index in [1.807, 2.05) is 30.3 Å². The monoisotopic (exact) mass is 379 g/mol. The lowest BCUT2D eigenvalue weighted by Crippen LogP contribution is -2.37. The molecule has 1 aliphatic rings. The molecule has 3 amide bonds. The van der Waals surface area contributed by atoms with E-state index < -0.39 is 11.8 Å². The minimum atomic E-state index is -0.783. The van der Waals surface area contributed by atoms with Gasteiger partial charge in [-0.1, -0.05) is 55.3 Å². The Bertz CT molecular complexity index is 830. The molecule has 6 nitrogen and oxygen atoms in total. The van der Waals surface area contributed by atoms with Gasteiger partial charge in [-0.2, -0.15) is 0 Å². The van der Waals surface area contributed by atoms with Gasteiger partial charge in [0.15, 0.2) is 0 Å². The molecular formula is C22H25N3O3. The molecule has 1 fully saturated rings. The first-order valence-corrected chi connectivity index (χ1v) is 9.66. The predicted octanol–water partition coefficient (Wildman–Crippen LogP) is 2.66. The van der Waals surface area contributed by atoms with Gasteiger partial charge in [0, 0.05) is 12.6 Å². The van der Waals surface area contributed by atoms with Crippen LogP contribution < -0.4 is 16.0 Å². The van der Waals surface area contributed by atoms with Crippen molar-refractivity contribution >= 4 is 23.4 Å². The molecule has 0 saturated heterocycles. The van der Waals surface area contributed by atoms with E-state index in [0.29, 0.717) is 24.2 Å². The van der Waals surface area contributed by atoms with Gasteiger partial charge in [0.05, 0.1) is 11.3 Å². The largest absolute Gasteiger partial charge is 0.349 e. The average Bonchev–Trinajstić information content (AvgIpc) is 3.22. The lowest BCUT2D eigenvalue weighted by Gasteiger charge is -2.15. The van der Waals surface area contributed by atoms with Gasteiger partial charge in [-0.3, -0.25) is 14.4 Å². The number of amides is 3. The molecule has 1 aliphatic carbocycles. The van der Waals surface area contributed by atoms with E-state index in [1.54, 1.807) is 24.3 Å². The number of nitrogens with one attached hydrogen (secondary N) is 3. The number of hydrogen-bond acceptors (Lipinski definition) is 3. The lowest BCUT2D eigenvalue weighted by molar-refractivity contribution is -0.136. The number of hydrogen-bond donors (Lipinski definition) is 3. The highest BCUT2D eigenvalue weighted by Crippen LogP contribution is 2.20. The summed E-state index contributed by atoms with van der Waals surface area (Å²) >= 11 is 0. The highest BCUT2D eigenvalue weighted by Gasteiger charge is 2.21. The standard InChI is InChI=1S/C22H25N3O3/c26-20(24-17-10-4-5-11-17)18-12-6-7-13-19(18)25-22(28)21(27)23-15-14-16-8-2-1-3-9-16/h1-3,6-9,12-13,17H,4-5,10-11,14-15H2,(H,23,27)(H,24,26)(H,25,28). The second-order valence-corrected chi connectivity index (χ2v) is 6.95. The molecule has 0 unspecified atom stereocenters. The van der Waals surface area contributed by atoms with Crippen LogP contribution in [0.1, 0.15) is 41.6 Å². The number of rotatable bonds is 6. The van der Waals surface area contributed by atoms with Crippen LogP contribution in [-0.4, -0.2) is 30.3 Å². The predicted molar refractivity (Wildman–Crippen MR) is 108 cm³/mol. The third kappa shape index (κ3) is 5.42. The van der Waals surface area contributed by atoms with Gasteiger partial charge in [-0.25, -0.2) is 0 Å². The van der Waals surface area contributed by atoms with Crippen molar-refractivity contribution in [3.8, 4) is 0 Å². The van der Waals surface area contributed by atoms with E-state index in [-0.39, 0.29) is 11.9 Å². The number of para-hydroxylation sites is 1. The first-order chi connectivity index (χ1) is 13.6. The fourth-order valence-corrected chi connectivity index (χ4v) is 3.35. The number of anilines is 1. The molecule has 0 atom stereocenters. The Kier molecular flexibility index (Phi) is 6.78. The molecule has 28 heavy (non-hydrogen) atoms. The molecule has 0 aliphatic heterocycles. The Labute approximate surface area is 164 Å². The van der Waals surface area contributed by atoms with E-state index in [9.17, 15) is 14.4 Å². The summed E-state index contributed by atoms with van der Waals surface area (Å²) in [5.41, 5.74) is 1.78. The van der Waals surface area contributed by atoms with Crippen molar-refractivity contribution in [2.45, 2.75) is 38.1 Å². The van der Waals surface area contributed by atoms with Crippen molar-refractivity contribution in [2.75, 3.05) is 11.9 Å². The van der Waals surface area contributed by atoms with Crippen LogP contribution in [0.25, 0.3) is 0 Å². The van der Waals surface area contributed by atoms with Gasteiger partial charge in [-0.15, -0.1) is 0 Å². The highest BCUT2D eigenvalue weighted by atomic mass is 16.2. The molecule has 2 aromatic carbocycles. The molecular weight excluding hydrogens is 354 g/mol. The van der Waals surface area contributed by atoms with Crippen LogP contribution in [-0.2, 0) is 16.0 Å². The third-order valence-electron chi connectivity index (χ3n) is 4.86. The van der Waals surface area contributed by atoms with E-state index in [1.165, 1.54) is 0 Å². The van der Waals surface area contributed by atoms with Gasteiger partial charge in [0.2, 0.25) is 0 Å². The first-order valence-electron chi connectivity index (χ1n) is 9.66. The van der Waals surface area contributed by atoms with Crippen LogP contribution in [0, 0.1) is 0 Å². The van der Waals surface area contributed by atoms with E-state index >= 15 is 0 Å². The van der Waals surface area contributed by atoms with Gasteiger partial charge < -0.3 is 16.0 Å². The number of benzene rings is 2. The average molecular weight is 379 g/mol. The summed E-state index contributed by atoms with van der Waals surface area (Å²) in [6, 6.07) is 16.6. The zero-order chi connectivity index (χ0) is 19.8. The van der Waals surface area contributed by atoms with Gasteiger partial charge in [0.1, 0.15) is 0 Å². The van der Waals surface area contributed by atoms with Crippen molar-refractivity contribution in [3.63, 3.8) is 0 Å². The molecule has 6 heteroatoms. The van der Waals surface area contributed by atoms with E-state index in [0.717, 1.165) is 31.2 Å². The smallest absolute Gasteiger partial charge is 0.313 e. The van der Waals surface area contributed by atoms with Crippen LogP contribution in [0.3, 0.4) is 0 Å². The fourth-order valence-electron chi connectivity index (χ4n) is 3.35. The second kappa shape index (κ2) is 9.69. The molecule has 0 bridgehead atoms. The fraction of sp³-hybridized carbons (Fsp3) is 0.318. The van der Waals surface area contributed by atoms with Crippen LogP contribution in [0.5, 0.6) is 0 Å². The molecule has 3 N–H and O–H groups in total. The normalized spacial score (nSPS) is 13.7. The minimum Gasteiger partial charge on any atom is -0.349 e. The lowest BCUT2D eigenvalue weighted by atomic mass is 10.1. The summed E-state index contributed by atoms with van der Waals surface area (Å²) in [4.78, 5) is 36.8. The highest BCUT2D eigenvalue weighted by molar-refractivity contribution is 6.40. The van der Waals surface area contributed by atoms with Crippen LogP contribution in [0.2, 0.25) is 0 Å². The quantitative estimate of drug-likeness (QED) is 0.675. The number of carbonyl (C=O) groups is 3. The van der Waals surface area contributed by atoms with Crippen molar-refractivity contribution in [1.29, 1.82) is 0 Å². The van der Waals surface area contributed by atoms with Crippen molar-refractivity contribution in [3.05, 3.63) is 65.7 Å². The molecule has 2 aromatic rings. The summed E-state index contributed by atoms with van der Waals surface area (Å²) < 4.78 is 0. The molecule has 0 heterocycles. The second-order valence-electron chi connectivity index (χ2n) is 6.95. The molecule has 3 rings (SSSR count). The first kappa shape index (κ1) is 19.6. The van der Waals surface area contributed by atoms with Crippen LogP contribution in [0.4, 0.5) is 5.69 Å². The zero-order valence-corrected chi connectivity index (χ0v) is 15.7. The summed E-state index contributed by atoms with van der Waals surface area (Å²) in [5.74, 6) is -1.73. The molecule has 0 spiro atoms. The topological polar surface area (TPSA) is 87.3 Å². The molecule has 0 aromatic heterocycles. The maximum Gasteiger partial charge on any atom is 0.313 e. The van der Waals surface area contributed by atoms with Gasteiger partial charge in [0.25, 0.3) is 5.91 Å². The minimum absolute atomic E-state index is 0.178. The third-order valence-corrected chi connectivity index (χ3v) is 4.86. The van der Waals surface area contributed by atoms with E-state index in [2.05, 4.69) is 16.0 Å².